The average molecular weight is 1450 g/mol. The Morgan fingerprint density at radius 3 is 0.710 bits per heavy atom. The predicted octanol–water partition coefficient (Wildman–Crippen LogP) is 11.0. The van der Waals surface area contributed by atoms with Crippen molar-refractivity contribution in [3.63, 3.8) is 0 Å². The third-order valence-electron chi connectivity index (χ3n) is 27.2. The Kier molecular flexibility index (Phi) is 17.1. The van der Waals surface area contributed by atoms with E-state index in [9.17, 15) is 0 Å². The molecule has 0 spiro atoms. The molecule has 4 radical (unpaired) electrons. The Labute approximate surface area is 564 Å². The van der Waals surface area contributed by atoms with Gasteiger partial charge in [-0.3, -0.25) is 0 Å². The Bertz CT molecular complexity index is 2640. The van der Waals surface area contributed by atoms with E-state index in [0.29, 0.717) is 187 Å². The molecule has 516 valence electrons. The van der Waals surface area contributed by atoms with Crippen LogP contribution in [0.3, 0.4) is 0 Å². The van der Waals surface area contributed by atoms with Gasteiger partial charge in [0.2, 0.25) is 10.5 Å². The lowest BCUT2D eigenvalue weighted by Crippen LogP contribution is -2.84. The number of hydrogen-bond acceptors (Lipinski definition) is 20. The van der Waals surface area contributed by atoms with E-state index in [4.69, 9.17) is 87.3 Å². The van der Waals surface area contributed by atoms with Crippen molar-refractivity contribution in [1.29, 1.82) is 0 Å². The Morgan fingerprint density at radius 2 is 0.462 bits per heavy atom. The van der Waals surface area contributed by atoms with Gasteiger partial charge in [-0.15, -0.1) is 0 Å². The number of epoxide rings is 8. The highest BCUT2D eigenvalue weighted by Crippen LogP contribution is 2.57. The van der Waals surface area contributed by atoms with Gasteiger partial charge >= 0.3 is 70.9 Å². The number of ether oxygens (including phenoxy) is 8. The number of fused-ring (bicyclic) bond motifs is 12. The Balaban J connectivity index is 0.759. The molecule has 0 aromatic rings. The Hall–Kier alpha value is 1.15. The van der Waals surface area contributed by atoms with Gasteiger partial charge in [-0.2, -0.15) is 0 Å². The van der Waals surface area contributed by atoms with Crippen molar-refractivity contribution in [3.8, 4) is 0 Å². The van der Waals surface area contributed by atoms with Crippen LogP contribution in [0.15, 0.2) is 0 Å². The summed E-state index contributed by atoms with van der Waals surface area (Å²) in [6.07, 6.45) is 38.2. The predicted molar refractivity (Wildman–Crippen MR) is 348 cm³/mol. The van der Waals surface area contributed by atoms with Crippen molar-refractivity contribution in [2.45, 2.75) is 351 Å². The van der Waals surface area contributed by atoms with E-state index >= 15 is 0 Å². The van der Waals surface area contributed by atoms with Gasteiger partial charge in [0.1, 0.15) is 0 Å². The van der Waals surface area contributed by atoms with Crippen LogP contribution in [-0.4, -0.2) is 179 Å². The minimum atomic E-state index is -4.30. The summed E-state index contributed by atoms with van der Waals surface area (Å²) in [5.74, 6) is 3.31. The molecule has 20 nitrogen and oxygen atoms in total. The van der Waals surface area contributed by atoms with Crippen molar-refractivity contribution < 1.29 is 87.3 Å². The molecular weight excluding hydrogens is 1340 g/mol. The Morgan fingerprint density at radius 1 is 0.247 bits per heavy atom. The lowest BCUT2D eigenvalue weighted by molar-refractivity contribution is -0.00116. The molecule has 20 fully saturated rings. The molecule has 93 heavy (non-hydrogen) atoms. The van der Waals surface area contributed by atoms with E-state index in [1.807, 2.05) is 0 Å². The zero-order chi connectivity index (χ0) is 61.4. The zero-order valence-electron chi connectivity index (χ0n) is 54.8. The van der Waals surface area contributed by atoms with Crippen LogP contribution in [0.2, 0.25) is 48.4 Å². The summed E-state index contributed by atoms with van der Waals surface area (Å²) in [6.45, 7) is 0. The first-order valence-electron chi connectivity index (χ1n) is 38.5. The SMILES string of the molecule is [Si]O[Si]1(CCC2CCC3OC3C2)O[Si]2(CCC3CCC4OC4C3)O[Si]3(CCC4CCC5OC5C4)O[Si](CCC4CCC5OC5C4)O[Si]4(CCC5CCC6OC6C5)O[Si](CCC5CCC6OC6C5)(O1)O[Si](CCC1CCC5OC5C1)(O2)O[Si](CCC1CCC2OC2C1)(O3)O4. The molecule has 0 aromatic heterocycles. The van der Waals surface area contributed by atoms with E-state index in [1.165, 1.54) is 0 Å². The minimum Gasteiger partial charge on any atom is -0.416 e. The lowest BCUT2D eigenvalue weighted by Gasteiger charge is -2.60. The zero-order valence-corrected chi connectivity index (χ0v) is 63.8. The van der Waals surface area contributed by atoms with Gasteiger partial charge < -0.3 is 87.3 Å². The van der Waals surface area contributed by atoms with E-state index < -0.39 is 70.9 Å². The standard InChI is InChI=1S/C64H104O20Si9/c85-73-87(26-18-42-2-10-50-58(34-42)66-50)76-90(29-21-45-5-13-53-61(37-45)69-53)78-88(27-19-43-3-11-51-59(35-43)67-51)74-86(25-17-41-1-9-49-57(33-41)65-49)75-89(28-20-44-4-12-52-60(36-44)68-52)79-91(77-87,30-22-46-6-14-54-62(38-46)70-54)83-93(82-90,32-24-48-8-16-56-64(40-48)72-56)84-92(80-88,81-89)31-23-47-7-15-55-63(39-47)71-55/h41-64H,1-40H2. The monoisotopic (exact) mass is 1440 g/mol. The van der Waals surface area contributed by atoms with E-state index in [0.717, 1.165) is 212 Å². The molecule has 12 aliphatic heterocycles. The molecule has 29 heteroatoms. The smallest absolute Gasteiger partial charge is 0.416 e. The van der Waals surface area contributed by atoms with Crippen LogP contribution in [-0.2, 0) is 87.3 Å². The highest BCUT2D eigenvalue weighted by atomic mass is 28.6. The maximum absolute atomic E-state index is 8.74. The molecule has 20 aliphatic rings. The number of rotatable bonds is 25. The van der Waals surface area contributed by atoms with Crippen LogP contribution in [0.4, 0.5) is 0 Å². The summed E-state index contributed by atoms with van der Waals surface area (Å²) in [4.78, 5) is 0. The largest absolute Gasteiger partial charge is 0.478 e. The van der Waals surface area contributed by atoms with Crippen LogP contribution in [0.25, 0.3) is 0 Å². The topological polar surface area (TPSA) is 211 Å². The average Bonchev–Trinajstić information content (AvgIpc) is 1.45. The molecular formula is C64H104O20Si9. The van der Waals surface area contributed by atoms with E-state index in [-0.39, 0.29) is 0 Å². The van der Waals surface area contributed by atoms with E-state index in [1.54, 1.807) is 0 Å². The second-order valence-electron chi connectivity index (χ2n) is 33.8. The first kappa shape index (κ1) is 63.8. The van der Waals surface area contributed by atoms with E-state index in [2.05, 4.69) is 10.5 Å². The van der Waals surface area contributed by atoms with Gasteiger partial charge in [-0.05, 0) is 259 Å². The third kappa shape index (κ3) is 14.0. The molecule has 6 bridgehead atoms. The summed E-state index contributed by atoms with van der Waals surface area (Å²) >= 11 is 0. The fourth-order valence-corrected chi connectivity index (χ4v) is 68.2. The first-order valence-corrected chi connectivity index (χ1v) is 54.0. The summed E-state index contributed by atoms with van der Waals surface area (Å²) < 4.78 is 152. The highest BCUT2D eigenvalue weighted by Gasteiger charge is 2.79. The molecule has 12 heterocycles. The maximum Gasteiger partial charge on any atom is 0.478 e. The minimum absolute atomic E-state index is 0.307. The molecule has 0 amide bonds. The summed E-state index contributed by atoms with van der Waals surface area (Å²) in [7, 11) is -27.9. The van der Waals surface area contributed by atoms with Gasteiger partial charge in [0.05, 0.1) is 97.7 Å². The fraction of sp³-hybridized carbons (Fsp3) is 1.00. The molecule has 8 aliphatic carbocycles. The summed E-state index contributed by atoms with van der Waals surface area (Å²) in [5, 5.41) is 0. The van der Waals surface area contributed by atoms with Gasteiger partial charge in [-0.25, -0.2) is 0 Å². The van der Waals surface area contributed by atoms with Crippen molar-refractivity contribution in [2.24, 2.45) is 47.3 Å². The van der Waals surface area contributed by atoms with Gasteiger partial charge in [0.15, 0.2) is 0 Å². The number of hydrogen-bond donors (Lipinski definition) is 0. The fourth-order valence-electron chi connectivity index (χ4n) is 21.1. The molecule has 0 aromatic carbocycles. The molecule has 20 rings (SSSR count). The van der Waals surface area contributed by atoms with Crippen molar-refractivity contribution in [2.75, 3.05) is 0 Å². The van der Waals surface area contributed by atoms with Crippen LogP contribution in [0, 0.1) is 47.3 Å². The first-order chi connectivity index (χ1) is 45.4. The summed E-state index contributed by atoms with van der Waals surface area (Å²) in [6, 6.07) is 4.55. The molecule has 28 unspecified atom stereocenters. The van der Waals surface area contributed by atoms with Gasteiger partial charge in [0.25, 0.3) is 0 Å². The lowest BCUT2D eigenvalue weighted by atomic mass is 9.88. The maximum atomic E-state index is 8.74. The molecule has 0 N–H and O–H groups in total. The van der Waals surface area contributed by atoms with Crippen LogP contribution < -0.4 is 0 Å². The van der Waals surface area contributed by atoms with Crippen molar-refractivity contribution in [1.82, 2.24) is 0 Å². The quantitative estimate of drug-likeness (QED) is 0.0614. The molecule has 12 saturated heterocycles. The van der Waals surface area contributed by atoms with Gasteiger partial charge in [-0.1, -0.05) is 0 Å². The highest BCUT2D eigenvalue weighted by molar-refractivity contribution is 7.00. The van der Waals surface area contributed by atoms with Crippen molar-refractivity contribution >= 4 is 81.4 Å². The summed E-state index contributed by atoms with van der Waals surface area (Å²) in [5.41, 5.74) is 0. The van der Waals surface area contributed by atoms with Crippen LogP contribution in [0.1, 0.15) is 205 Å². The van der Waals surface area contributed by atoms with Crippen molar-refractivity contribution in [3.05, 3.63) is 0 Å². The van der Waals surface area contributed by atoms with Crippen LogP contribution >= 0.6 is 0 Å². The second kappa shape index (κ2) is 24.9. The normalized spacial score (nSPS) is 56.2. The second-order valence-corrected chi connectivity index (χ2v) is 57.9. The molecule has 28 atom stereocenters. The third-order valence-corrected chi connectivity index (χ3v) is 62.1. The van der Waals surface area contributed by atoms with Gasteiger partial charge in [0, 0.05) is 42.3 Å². The molecule has 8 saturated carbocycles. The van der Waals surface area contributed by atoms with Crippen LogP contribution in [0.5, 0.6) is 0 Å².